The number of piperidine rings is 1. The summed E-state index contributed by atoms with van der Waals surface area (Å²) in [4.78, 5) is 14.5. The molecule has 0 aromatic heterocycles. The van der Waals surface area contributed by atoms with Crippen LogP contribution in [-0.4, -0.2) is 43.0 Å². The highest BCUT2D eigenvalue weighted by Gasteiger charge is 2.34. The van der Waals surface area contributed by atoms with Gasteiger partial charge in [-0.2, -0.15) is 0 Å². The monoisotopic (exact) mass is 342 g/mol. The number of hydrogen-bond acceptors (Lipinski definition) is 4. The van der Waals surface area contributed by atoms with Gasteiger partial charge < -0.3 is 10.2 Å². The van der Waals surface area contributed by atoms with Gasteiger partial charge in [0.25, 0.3) is 0 Å². The summed E-state index contributed by atoms with van der Waals surface area (Å²) in [6.45, 7) is 1.94. The highest BCUT2D eigenvalue weighted by atomic mass is 35.5. The van der Waals surface area contributed by atoms with Gasteiger partial charge in [-0.1, -0.05) is 12.1 Å². The van der Waals surface area contributed by atoms with Crippen molar-refractivity contribution in [1.29, 1.82) is 0 Å². The Morgan fingerprint density at radius 3 is 2.48 bits per heavy atom. The van der Waals surface area contributed by atoms with Crippen LogP contribution >= 0.6 is 12.4 Å². The minimum atomic E-state index is -0.243. The van der Waals surface area contributed by atoms with E-state index in [0.29, 0.717) is 12.5 Å². The number of nitrogens with zero attached hydrogens (tertiary/aromatic N) is 1. The molecule has 3 rings (SSSR count). The van der Waals surface area contributed by atoms with Gasteiger partial charge in [-0.05, 0) is 50.0 Å². The predicted octanol–water partition coefficient (Wildman–Crippen LogP) is 1.37. The second kappa shape index (κ2) is 8.06. The van der Waals surface area contributed by atoms with Gasteiger partial charge in [0.05, 0.1) is 0 Å². The van der Waals surface area contributed by atoms with Gasteiger partial charge in [0.15, 0.2) is 0 Å². The minimum absolute atomic E-state index is 0. The molecular formula is C16H24ClFN4O. The molecule has 2 unspecified atom stereocenters. The number of rotatable bonds is 3. The normalized spacial score (nSPS) is 25.0. The summed E-state index contributed by atoms with van der Waals surface area (Å²) in [6.07, 6.45) is 2.69. The average molecular weight is 343 g/mol. The number of halogens is 2. The zero-order valence-corrected chi connectivity index (χ0v) is 14.0. The third kappa shape index (κ3) is 4.20. The molecule has 2 atom stereocenters. The summed E-state index contributed by atoms with van der Waals surface area (Å²) in [7, 11) is 1.89. The van der Waals surface area contributed by atoms with Crippen molar-refractivity contribution >= 4 is 18.3 Å². The van der Waals surface area contributed by atoms with E-state index in [2.05, 4.69) is 16.2 Å². The largest absolute Gasteiger partial charge is 0.341 e. The molecule has 2 aliphatic rings. The first-order chi connectivity index (χ1) is 10.6. The Morgan fingerprint density at radius 1 is 1.17 bits per heavy atom. The lowest BCUT2D eigenvalue weighted by Gasteiger charge is -2.33. The number of nitrogens with one attached hydrogen (secondary N) is 3. The van der Waals surface area contributed by atoms with Crippen LogP contribution in [0.1, 0.15) is 30.9 Å². The maximum absolute atomic E-state index is 13.0. The fourth-order valence-electron chi connectivity index (χ4n) is 3.25. The van der Waals surface area contributed by atoms with Crippen molar-refractivity contribution in [2.75, 3.05) is 20.1 Å². The lowest BCUT2D eigenvalue weighted by molar-refractivity contribution is -0.134. The molecule has 2 heterocycles. The summed E-state index contributed by atoms with van der Waals surface area (Å²) in [5.41, 5.74) is 7.23. The van der Waals surface area contributed by atoms with E-state index >= 15 is 0 Å². The molecule has 0 aliphatic carbocycles. The van der Waals surface area contributed by atoms with Gasteiger partial charge in [-0.15, -0.1) is 12.4 Å². The summed E-state index contributed by atoms with van der Waals surface area (Å²) >= 11 is 0. The Hall–Kier alpha value is -1.21. The Morgan fingerprint density at radius 2 is 1.83 bits per heavy atom. The van der Waals surface area contributed by atoms with Gasteiger partial charge in [0, 0.05) is 19.1 Å². The lowest BCUT2D eigenvalue weighted by atomic mass is 10.00. The van der Waals surface area contributed by atoms with Crippen molar-refractivity contribution in [2.45, 2.75) is 37.4 Å². The van der Waals surface area contributed by atoms with E-state index in [1.54, 1.807) is 12.1 Å². The van der Waals surface area contributed by atoms with E-state index in [9.17, 15) is 9.18 Å². The highest BCUT2D eigenvalue weighted by molar-refractivity contribution is 5.85. The second-order valence-corrected chi connectivity index (χ2v) is 6.11. The first kappa shape index (κ1) is 18.1. The molecule has 2 aliphatic heterocycles. The third-order valence-electron chi connectivity index (χ3n) is 4.68. The molecule has 0 bridgehead atoms. The molecule has 1 aromatic rings. The third-order valence-corrected chi connectivity index (χ3v) is 4.68. The fourth-order valence-corrected chi connectivity index (χ4v) is 3.25. The van der Waals surface area contributed by atoms with E-state index in [0.717, 1.165) is 31.5 Å². The zero-order chi connectivity index (χ0) is 15.5. The first-order valence-corrected chi connectivity index (χ1v) is 7.89. The van der Waals surface area contributed by atoms with Crippen molar-refractivity contribution in [3.63, 3.8) is 0 Å². The van der Waals surface area contributed by atoms with E-state index < -0.39 is 0 Å². The molecule has 0 saturated carbocycles. The quantitative estimate of drug-likeness (QED) is 0.776. The summed E-state index contributed by atoms with van der Waals surface area (Å²) in [6, 6.07) is 6.56. The molecule has 5 nitrogen and oxygen atoms in total. The molecule has 128 valence electrons. The molecule has 2 saturated heterocycles. The van der Waals surface area contributed by atoms with Crippen molar-refractivity contribution in [3.05, 3.63) is 35.6 Å². The number of likely N-dealkylation sites (N-methyl/N-ethyl adjacent to an activating group) is 1. The van der Waals surface area contributed by atoms with Crippen molar-refractivity contribution < 1.29 is 9.18 Å². The fraction of sp³-hybridized carbons (Fsp3) is 0.562. The van der Waals surface area contributed by atoms with Gasteiger partial charge in [0.2, 0.25) is 5.91 Å². The summed E-state index contributed by atoms with van der Waals surface area (Å²) in [5, 5.41) is 3.31. The molecule has 0 radical (unpaired) electrons. The van der Waals surface area contributed by atoms with Crippen LogP contribution in [0.5, 0.6) is 0 Å². The smallest absolute Gasteiger partial charge is 0.241 e. The molecular weight excluding hydrogens is 319 g/mol. The van der Waals surface area contributed by atoms with E-state index in [-0.39, 0.29) is 36.2 Å². The van der Waals surface area contributed by atoms with Crippen LogP contribution in [0.25, 0.3) is 0 Å². The lowest BCUT2D eigenvalue weighted by Crippen LogP contribution is -2.50. The zero-order valence-electron chi connectivity index (χ0n) is 13.2. The first-order valence-electron chi connectivity index (χ1n) is 7.89. The van der Waals surface area contributed by atoms with Crippen LogP contribution < -0.4 is 16.2 Å². The maximum Gasteiger partial charge on any atom is 0.241 e. The molecule has 3 N–H and O–H groups in total. The Kier molecular flexibility index (Phi) is 6.35. The van der Waals surface area contributed by atoms with Gasteiger partial charge >= 0.3 is 0 Å². The minimum Gasteiger partial charge on any atom is -0.341 e. The van der Waals surface area contributed by atoms with Gasteiger partial charge in [0.1, 0.15) is 11.9 Å². The number of carbonyl (C=O) groups is 1. The molecule has 7 heteroatoms. The van der Waals surface area contributed by atoms with Crippen molar-refractivity contribution in [1.82, 2.24) is 21.1 Å². The molecule has 2 fully saturated rings. The second-order valence-electron chi connectivity index (χ2n) is 6.11. The van der Waals surface area contributed by atoms with Gasteiger partial charge in [-0.25, -0.2) is 15.2 Å². The molecule has 1 aromatic carbocycles. The van der Waals surface area contributed by atoms with Gasteiger partial charge in [-0.3, -0.25) is 4.79 Å². The SMILES string of the molecule is CN(C(=O)C1CC(c2ccc(F)cc2)NN1)C1CCNCC1.Cl. The van der Waals surface area contributed by atoms with Crippen LogP contribution in [0.3, 0.4) is 0 Å². The highest BCUT2D eigenvalue weighted by Crippen LogP contribution is 2.24. The Labute approximate surface area is 142 Å². The number of hydrogen-bond donors (Lipinski definition) is 3. The maximum atomic E-state index is 13.0. The van der Waals surface area contributed by atoms with E-state index in [1.807, 2.05) is 11.9 Å². The van der Waals surface area contributed by atoms with Crippen LogP contribution in [0.2, 0.25) is 0 Å². The van der Waals surface area contributed by atoms with E-state index in [1.165, 1.54) is 12.1 Å². The van der Waals surface area contributed by atoms with E-state index in [4.69, 9.17) is 0 Å². The molecule has 23 heavy (non-hydrogen) atoms. The number of hydrazine groups is 1. The Bertz CT molecular complexity index is 521. The summed E-state index contributed by atoms with van der Waals surface area (Å²) < 4.78 is 13.0. The average Bonchev–Trinajstić information content (AvgIpc) is 3.05. The van der Waals surface area contributed by atoms with Crippen molar-refractivity contribution in [2.24, 2.45) is 0 Å². The molecule has 1 amide bonds. The topological polar surface area (TPSA) is 56.4 Å². The Balaban J connectivity index is 0.00000192. The number of amides is 1. The predicted molar refractivity (Wildman–Crippen MR) is 89.7 cm³/mol. The van der Waals surface area contributed by atoms with Crippen LogP contribution in [0, 0.1) is 5.82 Å². The number of carbonyl (C=O) groups excluding carboxylic acids is 1. The standard InChI is InChI=1S/C16H23FN4O.ClH/c1-21(13-6-8-18-9-7-13)16(22)15-10-14(19-20-15)11-2-4-12(17)5-3-11;/h2-5,13-15,18-20H,6-10H2,1H3;1H. The van der Waals surface area contributed by atoms with Crippen molar-refractivity contribution in [3.8, 4) is 0 Å². The number of benzene rings is 1. The molecule has 0 spiro atoms. The summed E-state index contributed by atoms with van der Waals surface area (Å²) in [5.74, 6) is -0.114. The van der Waals surface area contributed by atoms with Crippen LogP contribution in [-0.2, 0) is 4.79 Å². The van der Waals surface area contributed by atoms with Crippen LogP contribution in [0.4, 0.5) is 4.39 Å². The van der Waals surface area contributed by atoms with Crippen LogP contribution in [0.15, 0.2) is 24.3 Å².